The fourth-order valence-electron chi connectivity index (χ4n) is 5.76. The summed E-state index contributed by atoms with van der Waals surface area (Å²) in [5.41, 5.74) is 2.42. The van der Waals surface area contributed by atoms with Crippen molar-refractivity contribution in [2.24, 2.45) is 0 Å². The highest BCUT2D eigenvalue weighted by atomic mass is 32.1. The number of anilines is 1. The maximum Gasteiger partial charge on any atom is 0.416 e. The lowest BCUT2D eigenvalue weighted by Crippen LogP contribution is -2.48. The number of likely N-dealkylation sites (tertiary alicyclic amines) is 1. The SMILES string of the molecule is CNc1cc(CNCC(O)C(Cc2ccccc2)NC(=O)c2cccc(C(=O)N3CCCC3c3nc(C)cs3)c2)cc(C(F)(F)F)c1. The number of aliphatic hydroxyl groups is 1. The molecule has 3 unspecified atom stereocenters. The fraction of sp³-hybridized carbons (Fsp3) is 0.343. The summed E-state index contributed by atoms with van der Waals surface area (Å²) in [5.74, 6) is -0.624. The Bertz CT molecular complexity index is 1680. The van der Waals surface area contributed by atoms with Gasteiger partial charge in [-0.2, -0.15) is 13.2 Å². The molecule has 0 aliphatic carbocycles. The van der Waals surface area contributed by atoms with Crippen LogP contribution in [0.3, 0.4) is 0 Å². The van der Waals surface area contributed by atoms with Crippen molar-refractivity contribution in [3.63, 3.8) is 0 Å². The summed E-state index contributed by atoms with van der Waals surface area (Å²) in [6.45, 7) is 2.61. The van der Waals surface area contributed by atoms with E-state index in [9.17, 15) is 27.9 Å². The first-order valence-corrected chi connectivity index (χ1v) is 16.4. The van der Waals surface area contributed by atoms with Gasteiger partial charge in [0.25, 0.3) is 11.8 Å². The van der Waals surface area contributed by atoms with Crippen molar-refractivity contribution in [2.45, 2.75) is 57.1 Å². The van der Waals surface area contributed by atoms with E-state index in [-0.39, 0.29) is 30.6 Å². The molecule has 0 radical (unpaired) electrons. The van der Waals surface area contributed by atoms with Crippen molar-refractivity contribution in [2.75, 3.05) is 25.5 Å². The lowest BCUT2D eigenvalue weighted by molar-refractivity contribution is -0.137. The van der Waals surface area contributed by atoms with Gasteiger partial charge in [0.1, 0.15) is 5.01 Å². The van der Waals surface area contributed by atoms with Crippen LogP contribution in [0.2, 0.25) is 0 Å². The van der Waals surface area contributed by atoms with Crippen LogP contribution in [0.25, 0.3) is 0 Å². The molecule has 3 atom stereocenters. The third-order valence-corrected chi connectivity index (χ3v) is 9.24. The molecule has 0 bridgehead atoms. The average molecular weight is 666 g/mol. The van der Waals surface area contributed by atoms with E-state index in [1.54, 1.807) is 48.7 Å². The second-order valence-corrected chi connectivity index (χ2v) is 12.6. The third kappa shape index (κ3) is 8.76. The molecule has 0 spiro atoms. The molecule has 1 aliphatic heterocycles. The smallest absolute Gasteiger partial charge is 0.390 e. The first-order chi connectivity index (χ1) is 22.5. The zero-order valence-electron chi connectivity index (χ0n) is 26.2. The molecule has 1 fully saturated rings. The van der Waals surface area contributed by atoms with Crippen LogP contribution in [0.1, 0.15) is 67.0 Å². The lowest BCUT2D eigenvalue weighted by Gasteiger charge is -2.25. The molecule has 3 aromatic carbocycles. The number of hydrogen-bond acceptors (Lipinski definition) is 7. The van der Waals surface area contributed by atoms with Crippen molar-refractivity contribution in [1.82, 2.24) is 20.5 Å². The molecule has 8 nitrogen and oxygen atoms in total. The Hall–Kier alpha value is -4.26. The van der Waals surface area contributed by atoms with Crippen LogP contribution in [-0.2, 0) is 19.1 Å². The number of carbonyl (C=O) groups excluding carboxylic acids is 2. The van der Waals surface area contributed by atoms with Gasteiger partial charge in [0.2, 0.25) is 0 Å². The number of halogens is 3. The Morgan fingerprint density at radius 2 is 1.81 bits per heavy atom. The fourth-order valence-corrected chi connectivity index (χ4v) is 6.71. The number of benzene rings is 3. The van der Waals surface area contributed by atoms with E-state index < -0.39 is 29.8 Å². The first-order valence-electron chi connectivity index (χ1n) is 15.5. The normalized spacial score (nSPS) is 16.1. The second-order valence-electron chi connectivity index (χ2n) is 11.7. The van der Waals surface area contributed by atoms with Gasteiger partial charge in [-0.05, 0) is 73.7 Å². The number of thiazole rings is 1. The lowest BCUT2D eigenvalue weighted by atomic mass is 10.00. The van der Waals surface area contributed by atoms with Gasteiger partial charge in [-0.15, -0.1) is 11.3 Å². The van der Waals surface area contributed by atoms with Crippen molar-refractivity contribution in [3.8, 4) is 0 Å². The summed E-state index contributed by atoms with van der Waals surface area (Å²) in [5, 5.41) is 22.8. The van der Waals surface area contributed by atoms with Crippen LogP contribution in [0.4, 0.5) is 18.9 Å². The van der Waals surface area contributed by atoms with E-state index in [1.807, 2.05) is 47.5 Å². The summed E-state index contributed by atoms with van der Waals surface area (Å²) in [4.78, 5) is 33.5. The van der Waals surface area contributed by atoms with Crippen LogP contribution in [0.5, 0.6) is 0 Å². The van der Waals surface area contributed by atoms with Crippen LogP contribution >= 0.6 is 11.3 Å². The van der Waals surface area contributed by atoms with E-state index in [1.165, 1.54) is 0 Å². The number of alkyl halides is 3. The zero-order valence-corrected chi connectivity index (χ0v) is 27.0. The van der Waals surface area contributed by atoms with Crippen LogP contribution in [0, 0.1) is 6.92 Å². The maximum atomic E-state index is 13.6. The zero-order chi connectivity index (χ0) is 33.6. The van der Waals surface area contributed by atoms with Gasteiger partial charge in [-0.25, -0.2) is 4.98 Å². The van der Waals surface area contributed by atoms with Gasteiger partial charge in [0, 0.05) is 54.6 Å². The molecular weight excluding hydrogens is 627 g/mol. The molecule has 0 saturated carbocycles. The minimum Gasteiger partial charge on any atom is -0.390 e. The molecule has 248 valence electrons. The number of rotatable bonds is 12. The van der Waals surface area contributed by atoms with Crippen molar-refractivity contribution >= 4 is 28.8 Å². The summed E-state index contributed by atoms with van der Waals surface area (Å²) >= 11 is 1.54. The molecule has 1 aliphatic rings. The molecule has 4 aromatic rings. The molecular formula is C35H38F3N5O3S. The van der Waals surface area contributed by atoms with E-state index in [4.69, 9.17) is 0 Å². The summed E-state index contributed by atoms with van der Waals surface area (Å²) in [6.07, 6.45) is -3.57. The maximum absolute atomic E-state index is 13.6. The standard InChI is InChI=1S/C35H38F3N5O3S/c1-22-21-47-33(41-22)30-12-7-13-43(30)34(46)26-11-6-10-25(17-26)32(45)42-29(16-23-8-4-3-5-9-23)31(44)20-40-19-24-14-27(35(36,37)38)18-28(15-24)39-2/h3-6,8-11,14-15,17-18,21,29-31,39-40,44H,7,12-13,16,19-20H2,1-2H3,(H,42,45). The Balaban J connectivity index is 1.28. The number of amides is 2. The summed E-state index contributed by atoms with van der Waals surface area (Å²) in [6, 6.07) is 18.8. The molecule has 1 aromatic heterocycles. The Morgan fingerprint density at radius 1 is 1.04 bits per heavy atom. The molecule has 4 N–H and O–H groups in total. The number of aliphatic hydroxyl groups excluding tert-OH is 1. The molecule has 5 rings (SSSR count). The number of aryl methyl sites for hydroxylation is 1. The van der Waals surface area contributed by atoms with E-state index >= 15 is 0 Å². The number of nitrogens with one attached hydrogen (secondary N) is 3. The van der Waals surface area contributed by atoms with Crippen LogP contribution < -0.4 is 16.0 Å². The van der Waals surface area contributed by atoms with E-state index in [0.29, 0.717) is 29.8 Å². The van der Waals surface area contributed by atoms with Crippen molar-refractivity contribution in [3.05, 3.63) is 117 Å². The molecule has 1 saturated heterocycles. The molecule has 2 heterocycles. The number of carbonyl (C=O) groups is 2. The highest BCUT2D eigenvalue weighted by Crippen LogP contribution is 2.35. The van der Waals surface area contributed by atoms with Gasteiger partial charge in [-0.1, -0.05) is 36.4 Å². The van der Waals surface area contributed by atoms with Gasteiger partial charge >= 0.3 is 6.18 Å². The largest absolute Gasteiger partial charge is 0.416 e. The predicted octanol–water partition coefficient (Wildman–Crippen LogP) is 5.98. The van der Waals surface area contributed by atoms with Crippen molar-refractivity contribution < 1.29 is 27.9 Å². The minimum atomic E-state index is -4.50. The Labute approximate surface area is 276 Å². The number of aromatic nitrogens is 1. The molecule has 12 heteroatoms. The van der Waals surface area contributed by atoms with Gasteiger partial charge < -0.3 is 26.0 Å². The Kier molecular flexibility index (Phi) is 10.9. The topological polar surface area (TPSA) is 107 Å². The van der Waals surface area contributed by atoms with Crippen molar-refractivity contribution in [1.29, 1.82) is 0 Å². The van der Waals surface area contributed by atoms with E-state index in [2.05, 4.69) is 20.9 Å². The number of hydrogen-bond donors (Lipinski definition) is 4. The average Bonchev–Trinajstić information content (AvgIpc) is 3.73. The highest BCUT2D eigenvalue weighted by Gasteiger charge is 2.33. The predicted molar refractivity (Wildman–Crippen MR) is 176 cm³/mol. The van der Waals surface area contributed by atoms with Gasteiger partial charge in [0.05, 0.1) is 23.8 Å². The Morgan fingerprint density at radius 3 is 2.51 bits per heavy atom. The molecule has 47 heavy (non-hydrogen) atoms. The summed E-state index contributed by atoms with van der Waals surface area (Å²) < 4.78 is 40.2. The number of nitrogens with zero attached hydrogens (tertiary/aromatic N) is 2. The van der Waals surface area contributed by atoms with E-state index in [0.717, 1.165) is 41.2 Å². The monoisotopic (exact) mass is 665 g/mol. The quantitative estimate of drug-likeness (QED) is 0.148. The van der Waals surface area contributed by atoms with Gasteiger partial charge in [0.15, 0.2) is 0 Å². The minimum absolute atomic E-state index is 0.00795. The van der Waals surface area contributed by atoms with Crippen LogP contribution in [-0.4, -0.2) is 59.1 Å². The molecule has 2 amide bonds. The third-order valence-electron chi connectivity index (χ3n) is 8.18. The van der Waals surface area contributed by atoms with Crippen LogP contribution in [0.15, 0.2) is 78.2 Å². The summed E-state index contributed by atoms with van der Waals surface area (Å²) in [7, 11) is 1.55. The second kappa shape index (κ2) is 15.1. The highest BCUT2D eigenvalue weighted by molar-refractivity contribution is 7.09. The first kappa shape index (κ1) is 34.1. The van der Waals surface area contributed by atoms with Gasteiger partial charge in [-0.3, -0.25) is 9.59 Å².